The molecule has 0 saturated heterocycles. The van der Waals surface area contributed by atoms with Gasteiger partial charge in [-0.05, 0) is 24.3 Å². The molecule has 0 saturated carbocycles. The molecule has 3 N–H and O–H groups in total. The Labute approximate surface area is 137 Å². The second-order valence-corrected chi connectivity index (χ2v) is 5.29. The maximum absolute atomic E-state index is 13.5. The minimum atomic E-state index is -1.04. The summed E-state index contributed by atoms with van der Waals surface area (Å²) in [5.74, 6) is -2.11. The SMILES string of the molecule is O=C(C[C@H]1NC(=O)c2ccccc2NC1=O)Nc1ccccc1F. The maximum atomic E-state index is 13.5. The summed E-state index contributed by atoms with van der Waals surface area (Å²) in [4.78, 5) is 36.4. The van der Waals surface area contributed by atoms with Gasteiger partial charge in [0.1, 0.15) is 11.9 Å². The zero-order valence-corrected chi connectivity index (χ0v) is 12.5. The van der Waals surface area contributed by atoms with Gasteiger partial charge in [0.15, 0.2) is 0 Å². The van der Waals surface area contributed by atoms with Gasteiger partial charge in [0.2, 0.25) is 11.8 Å². The number of carbonyl (C=O) groups excluding carboxylic acids is 3. The van der Waals surface area contributed by atoms with Crippen LogP contribution in [0.1, 0.15) is 16.8 Å². The lowest BCUT2D eigenvalue weighted by Gasteiger charge is -2.14. The lowest BCUT2D eigenvalue weighted by Crippen LogP contribution is -2.43. The monoisotopic (exact) mass is 327 g/mol. The molecule has 1 aliphatic rings. The van der Waals surface area contributed by atoms with Crippen molar-refractivity contribution in [3.8, 4) is 0 Å². The molecular weight excluding hydrogens is 313 g/mol. The van der Waals surface area contributed by atoms with Crippen LogP contribution in [-0.4, -0.2) is 23.8 Å². The van der Waals surface area contributed by atoms with E-state index in [-0.39, 0.29) is 12.1 Å². The minimum absolute atomic E-state index is 0.0196. The molecular formula is C17H14FN3O3. The summed E-state index contributed by atoms with van der Waals surface area (Å²) in [5.41, 5.74) is 0.728. The van der Waals surface area contributed by atoms with Gasteiger partial charge in [-0.15, -0.1) is 0 Å². The number of carbonyl (C=O) groups is 3. The Kier molecular flexibility index (Phi) is 4.24. The van der Waals surface area contributed by atoms with Crippen molar-refractivity contribution in [2.24, 2.45) is 0 Å². The van der Waals surface area contributed by atoms with Crippen molar-refractivity contribution in [1.29, 1.82) is 0 Å². The van der Waals surface area contributed by atoms with E-state index in [2.05, 4.69) is 16.0 Å². The number of rotatable bonds is 3. The van der Waals surface area contributed by atoms with Crippen LogP contribution in [0.2, 0.25) is 0 Å². The van der Waals surface area contributed by atoms with Crippen molar-refractivity contribution in [2.45, 2.75) is 12.5 Å². The van der Waals surface area contributed by atoms with Crippen LogP contribution in [0.5, 0.6) is 0 Å². The Morgan fingerprint density at radius 3 is 2.58 bits per heavy atom. The molecule has 7 heteroatoms. The van der Waals surface area contributed by atoms with Gasteiger partial charge in [0.25, 0.3) is 5.91 Å². The smallest absolute Gasteiger partial charge is 0.254 e. The highest BCUT2D eigenvalue weighted by Gasteiger charge is 2.29. The fourth-order valence-electron chi connectivity index (χ4n) is 2.40. The quantitative estimate of drug-likeness (QED) is 0.805. The Morgan fingerprint density at radius 2 is 1.79 bits per heavy atom. The highest BCUT2D eigenvalue weighted by molar-refractivity contribution is 6.11. The summed E-state index contributed by atoms with van der Waals surface area (Å²) in [6.45, 7) is 0. The number of para-hydroxylation sites is 2. The molecule has 0 aromatic heterocycles. The van der Waals surface area contributed by atoms with Crippen molar-refractivity contribution in [1.82, 2.24) is 5.32 Å². The van der Waals surface area contributed by atoms with E-state index in [1.807, 2.05) is 0 Å². The van der Waals surface area contributed by atoms with Crippen LogP contribution in [0.3, 0.4) is 0 Å². The van der Waals surface area contributed by atoms with Crippen LogP contribution < -0.4 is 16.0 Å². The highest BCUT2D eigenvalue weighted by atomic mass is 19.1. The first kappa shape index (κ1) is 15.7. The van der Waals surface area contributed by atoms with E-state index >= 15 is 0 Å². The zero-order valence-electron chi connectivity index (χ0n) is 12.5. The first-order chi connectivity index (χ1) is 11.5. The van der Waals surface area contributed by atoms with Crippen molar-refractivity contribution in [3.63, 3.8) is 0 Å². The van der Waals surface area contributed by atoms with Gasteiger partial charge in [-0.1, -0.05) is 24.3 Å². The van der Waals surface area contributed by atoms with Crippen LogP contribution in [0.4, 0.5) is 15.8 Å². The fourth-order valence-corrected chi connectivity index (χ4v) is 2.40. The van der Waals surface area contributed by atoms with Crippen LogP contribution >= 0.6 is 0 Å². The largest absolute Gasteiger partial charge is 0.340 e. The second-order valence-electron chi connectivity index (χ2n) is 5.29. The van der Waals surface area contributed by atoms with Crippen molar-refractivity contribution in [2.75, 3.05) is 10.6 Å². The minimum Gasteiger partial charge on any atom is -0.340 e. The number of hydrogen-bond acceptors (Lipinski definition) is 3. The number of anilines is 2. The van der Waals surface area contributed by atoms with E-state index < -0.39 is 29.6 Å². The van der Waals surface area contributed by atoms with Gasteiger partial charge in [-0.25, -0.2) is 4.39 Å². The number of nitrogens with one attached hydrogen (secondary N) is 3. The Balaban J connectivity index is 1.72. The van der Waals surface area contributed by atoms with E-state index in [4.69, 9.17) is 0 Å². The molecule has 3 rings (SSSR count). The summed E-state index contributed by atoms with van der Waals surface area (Å²) >= 11 is 0. The molecule has 1 heterocycles. The van der Waals surface area contributed by atoms with Gasteiger partial charge in [0, 0.05) is 0 Å². The normalized spacial score (nSPS) is 16.5. The molecule has 0 radical (unpaired) electrons. The van der Waals surface area contributed by atoms with Crippen LogP contribution in [0.25, 0.3) is 0 Å². The predicted octanol–water partition coefficient (Wildman–Crippen LogP) is 1.90. The third kappa shape index (κ3) is 3.24. The van der Waals surface area contributed by atoms with E-state index in [1.165, 1.54) is 18.2 Å². The van der Waals surface area contributed by atoms with Crippen molar-refractivity contribution >= 4 is 29.1 Å². The topological polar surface area (TPSA) is 87.3 Å². The molecule has 1 atom stereocenters. The molecule has 0 unspecified atom stereocenters. The number of fused-ring (bicyclic) bond motifs is 1. The van der Waals surface area contributed by atoms with Gasteiger partial charge in [-0.2, -0.15) is 0 Å². The van der Waals surface area contributed by atoms with E-state index in [9.17, 15) is 18.8 Å². The standard InChI is InChI=1S/C17H14FN3O3/c18-11-6-2-4-8-13(11)19-15(22)9-14-17(24)20-12-7-3-1-5-10(12)16(23)21-14/h1-8,14H,9H2,(H,19,22)(H,20,24)(H,21,23)/t14-/m1/s1. The number of benzene rings is 2. The first-order valence-corrected chi connectivity index (χ1v) is 7.30. The average Bonchev–Trinajstić information content (AvgIpc) is 2.67. The summed E-state index contributed by atoms with van der Waals surface area (Å²) in [7, 11) is 0. The van der Waals surface area contributed by atoms with Gasteiger partial charge in [-0.3, -0.25) is 14.4 Å². The number of hydrogen-bond donors (Lipinski definition) is 3. The summed E-state index contributed by atoms with van der Waals surface area (Å²) in [6.07, 6.45) is -0.306. The number of halogens is 1. The number of amides is 3. The Morgan fingerprint density at radius 1 is 1.08 bits per heavy atom. The van der Waals surface area contributed by atoms with Gasteiger partial charge in [0.05, 0.1) is 23.4 Å². The lowest BCUT2D eigenvalue weighted by molar-refractivity contribution is -0.122. The second kappa shape index (κ2) is 6.49. The molecule has 1 aliphatic heterocycles. The summed E-state index contributed by atoms with van der Waals surface area (Å²) in [5, 5.41) is 7.51. The summed E-state index contributed by atoms with van der Waals surface area (Å²) in [6, 6.07) is 11.2. The van der Waals surface area contributed by atoms with Crippen molar-refractivity contribution in [3.05, 3.63) is 59.9 Å². The molecule has 2 aromatic carbocycles. The van der Waals surface area contributed by atoms with Gasteiger partial charge >= 0.3 is 0 Å². The molecule has 6 nitrogen and oxygen atoms in total. The van der Waals surface area contributed by atoms with E-state index in [1.54, 1.807) is 30.3 Å². The summed E-state index contributed by atoms with van der Waals surface area (Å²) < 4.78 is 13.5. The fraction of sp³-hybridized carbons (Fsp3) is 0.118. The molecule has 24 heavy (non-hydrogen) atoms. The molecule has 0 bridgehead atoms. The zero-order chi connectivity index (χ0) is 17.1. The third-order valence-corrected chi connectivity index (χ3v) is 3.59. The van der Waals surface area contributed by atoms with E-state index in [0.29, 0.717) is 11.3 Å². The highest BCUT2D eigenvalue weighted by Crippen LogP contribution is 2.19. The van der Waals surface area contributed by atoms with E-state index in [0.717, 1.165) is 0 Å². The lowest BCUT2D eigenvalue weighted by atomic mass is 10.1. The predicted molar refractivity (Wildman–Crippen MR) is 86.0 cm³/mol. The maximum Gasteiger partial charge on any atom is 0.254 e. The van der Waals surface area contributed by atoms with Crippen LogP contribution in [0, 0.1) is 5.82 Å². The Hall–Kier alpha value is -3.22. The first-order valence-electron chi connectivity index (χ1n) is 7.30. The average molecular weight is 327 g/mol. The Bertz CT molecular complexity index is 822. The van der Waals surface area contributed by atoms with Crippen molar-refractivity contribution < 1.29 is 18.8 Å². The molecule has 0 aliphatic carbocycles. The van der Waals surface area contributed by atoms with Gasteiger partial charge < -0.3 is 16.0 Å². The molecule has 122 valence electrons. The van der Waals surface area contributed by atoms with Crippen LogP contribution in [0.15, 0.2) is 48.5 Å². The third-order valence-electron chi connectivity index (χ3n) is 3.59. The van der Waals surface area contributed by atoms with Crippen LogP contribution in [-0.2, 0) is 9.59 Å². The molecule has 2 aromatic rings. The molecule has 0 fully saturated rings. The molecule has 3 amide bonds. The molecule has 0 spiro atoms.